The number of carbonyl (C=O) groups excluding carboxylic acids is 1. The van der Waals surface area contributed by atoms with Crippen molar-refractivity contribution in [3.63, 3.8) is 0 Å². The summed E-state index contributed by atoms with van der Waals surface area (Å²) < 4.78 is 41.3. The van der Waals surface area contributed by atoms with Gasteiger partial charge in [-0.15, -0.1) is 0 Å². The summed E-state index contributed by atoms with van der Waals surface area (Å²) in [5, 5.41) is 10.2. The number of rotatable bonds is 2. The molecule has 1 amide bonds. The second-order valence-corrected chi connectivity index (χ2v) is 8.02. The molecule has 1 saturated heterocycles. The molecule has 2 aliphatic rings. The predicted molar refractivity (Wildman–Crippen MR) is 86.6 cm³/mol. The van der Waals surface area contributed by atoms with Gasteiger partial charge in [0, 0.05) is 6.04 Å². The number of hydrogen-bond donors (Lipinski definition) is 2. The van der Waals surface area contributed by atoms with Crippen molar-refractivity contribution in [2.24, 2.45) is 0 Å². The first kappa shape index (κ1) is 17.0. The maximum Gasteiger partial charge on any atom is 0.326 e. The molecule has 0 bridgehead atoms. The first-order chi connectivity index (χ1) is 11.2. The number of aryl methyl sites for hydroxylation is 1. The Morgan fingerprint density at radius 1 is 1.33 bits per heavy atom. The lowest BCUT2D eigenvalue weighted by Gasteiger charge is -2.22. The number of phenolic OH excluding ortho intramolecular Hbond substituents is 1. The normalized spacial score (nSPS) is 23.1. The van der Waals surface area contributed by atoms with Crippen molar-refractivity contribution in [2.45, 2.75) is 31.7 Å². The van der Waals surface area contributed by atoms with Crippen LogP contribution in [0.4, 0.5) is 10.1 Å². The van der Waals surface area contributed by atoms with E-state index in [1.54, 1.807) is 4.72 Å². The van der Waals surface area contributed by atoms with Gasteiger partial charge in [-0.2, -0.15) is 8.42 Å². The molecule has 0 spiro atoms. The molecule has 1 atom stereocenters. The molecule has 1 aromatic rings. The van der Waals surface area contributed by atoms with E-state index >= 15 is 4.39 Å². The highest BCUT2D eigenvalue weighted by Crippen LogP contribution is 2.39. The van der Waals surface area contributed by atoms with Crippen molar-refractivity contribution in [3.05, 3.63) is 23.0 Å². The van der Waals surface area contributed by atoms with Gasteiger partial charge in [-0.05, 0) is 57.0 Å². The van der Waals surface area contributed by atoms with Gasteiger partial charge in [0.25, 0.3) is 5.91 Å². The number of fused-ring (bicyclic) bond motifs is 1. The van der Waals surface area contributed by atoms with Crippen LogP contribution in [-0.4, -0.2) is 51.0 Å². The van der Waals surface area contributed by atoms with Crippen LogP contribution in [0.25, 0.3) is 0 Å². The van der Waals surface area contributed by atoms with Crippen molar-refractivity contribution >= 4 is 21.8 Å². The Morgan fingerprint density at radius 3 is 2.58 bits per heavy atom. The summed E-state index contributed by atoms with van der Waals surface area (Å²) >= 11 is 0. The van der Waals surface area contributed by atoms with Crippen LogP contribution in [0, 0.1) is 5.82 Å². The average molecular weight is 357 g/mol. The Bertz CT molecular complexity index is 794. The minimum absolute atomic E-state index is 0.293. The van der Waals surface area contributed by atoms with Crippen molar-refractivity contribution in [1.82, 2.24) is 9.62 Å². The molecule has 24 heavy (non-hydrogen) atoms. The van der Waals surface area contributed by atoms with Crippen molar-refractivity contribution in [2.75, 3.05) is 24.9 Å². The number of nitrogens with one attached hydrogen (secondary N) is 1. The maximum atomic E-state index is 15.0. The third-order valence-electron chi connectivity index (χ3n) is 4.69. The number of carbonyl (C=O) groups is 1. The van der Waals surface area contributed by atoms with E-state index in [0.717, 1.165) is 12.8 Å². The van der Waals surface area contributed by atoms with Crippen LogP contribution in [0.1, 0.15) is 24.0 Å². The molecule has 1 aromatic carbocycles. The van der Waals surface area contributed by atoms with E-state index in [1.165, 1.54) is 6.07 Å². The first-order valence-electron chi connectivity index (χ1n) is 7.73. The van der Waals surface area contributed by atoms with Crippen LogP contribution >= 0.6 is 0 Å². The van der Waals surface area contributed by atoms with E-state index in [9.17, 15) is 18.3 Å². The number of hydrogen-bond acceptors (Lipinski definition) is 5. The number of nitrogens with zero attached hydrogens (tertiary/aromatic N) is 2. The van der Waals surface area contributed by atoms with Gasteiger partial charge in [-0.1, -0.05) is 0 Å². The summed E-state index contributed by atoms with van der Waals surface area (Å²) in [4.78, 5) is 13.5. The fourth-order valence-electron chi connectivity index (χ4n) is 3.39. The monoisotopic (exact) mass is 357 g/mol. The van der Waals surface area contributed by atoms with Crippen LogP contribution in [0.2, 0.25) is 0 Å². The molecule has 7 nitrogen and oxygen atoms in total. The molecule has 132 valence electrons. The molecule has 3 rings (SSSR count). The molecule has 0 aromatic heterocycles. The van der Waals surface area contributed by atoms with Crippen molar-refractivity contribution < 1.29 is 22.7 Å². The molecule has 1 fully saturated rings. The second kappa shape index (κ2) is 5.89. The zero-order chi connectivity index (χ0) is 17.6. The zero-order valence-corrected chi connectivity index (χ0v) is 14.4. The van der Waals surface area contributed by atoms with Gasteiger partial charge >= 0.3 is 10.2 Å². The van der Waals surface area contributed by atoms with Gasteiger partial charge in [0.1, 0.15) is 18.0 Å². The quantitative estimate of drug-likeness (QED) is 0.754. The summed E-state index contributed by atoms with van der Waals surface area (Å²) in [6, 6.07) is 1.71. The molecule has 1 heterocycles. The highest BCUT2D eigenvalue weighted by Gasteiger charge is 2.38. The van der Waals surface area contributed by atoms with Crippen LogP contribution in [-0.2, 0) is 27.8 Å². The summed E-state index contributed by atoms with van der Waals surface area (Å²) in [6.07, 6.45) is 2.63. The van der Waals surface area contributed by atoms with Crippen LogP contribution in [0.3, 0.4) is 0 Å². The lowest BCUT2D eigenvalue weighted by atomic mass is 10.0. The number of aromatic hydroxyl groups is 1. The summed E-state index contributed by atoms with van der Waals surface area (Å²) in [5.74, 6) is -1.98. The van der Waals surface area contributed by atoms with Crippen molar-refractivity contribution in [1.29, 1.82) is 0 Å². The molecule has 0 saturated carbocycles. The number of phenols is 1. The smallest absolute Gasteiger partial charge is 0.326 e. The lowest BCUT2D eigenvalue weighted by molar-refractivity contribution is -0.117. The van der Waals surface area contributed by atoms with E-state index in [4.69, 9.17) is 0 Å². The Hall–Kier alpha value is -1.87. The summed E-state index contributed by atoms with van der Waals surface area (Å²) in [5.41, 5.74) is 0.658. The highest BCUT2D eigenvalue weighted by atomic mass is 32.2. The summed E-state index contributed by atoms with van der Waals surface area (Å²) in [7, 11) is -0.236. The Labute approximate surface area is 140 Å². The SMILES string of the molecule is CN(C)[C@@H]1CCc2cc(O)c(N3CC(=O)NS3(=O)=O)c(F)c2CC1. The minimum atomic E-state index is -4.17. The number of anilines is 1. The lowest BCUT2D eigenvalue weighted by Crippen LogP contribution is -2.30. The minimum Gasteiger partial charge on any atom is -0.506 e. The standard InChI is InChI=1S/C15H20FN3O4S/c1-18(2)10-4-3-9-7-12(20)15(14(16)11(9)6-5-10)19-8-13(21)17-24(19,22)23/h7,10,20H,3-6,8H2,1-2H3,(H,17,21)/t10-/m1/s1. The van der Waals surface area contributed by atoms with E-state index < -0.39 is 39.9 Å². The van der Waals surface area contributed by atoms with Gasteiger partial charge in [0.2, 0.25) is 0 Å². The van der Waals surface area contributed by atoms with Gasteiger partial charge in [0.05, 0.1) is 0 Å². The predicted octanol–water partition coefficient (Wildman–Crippen LogP) is 0.521. The fourth-order valence-corrected chi connectivity index (χ4v) is 4.55. The summed E-state index contributed by atoms with van der Waals surface area (Å²) in [6.45, 7) is -0.536. The van der Waals surface area contributed by atoms with Gasteiger partial charge in [0.15, 0.2) is 5.82 Å². The van der Waals surface area contributed by atoms with Gasteiger partial charge in [-0.25, -0.2) is 13.4 Å². The molecule has 0 unspecified atom stereocenters. The van der Waals surface area contributed by atoms with E-state index in [1.807, 2.05) is 14.1 Å². The van der Waals surface area contributed by atoms with Crippen molar-refractivity contribution in [3.8, 4) is 5.75 Å². The Morgan fingerprint density at radius 2 is 2.00 bits per heavy atom. The zero-order valence-electron chi connectivity index (χ0n) is 13.5. The first-order valence-corrected chi connectivity index (χ1v) is 9.17. The van der Waals surface area contributed by atoms with E-state index in [-0.39, 0.29) is 0 Å². The maximum absolute atomic E-state index is 15.0. The van der Waals surface area contributed by atoms with Crippen LogP contribution in [0.5, 0.6) is 5.75 Å². The topological polar surface area (TPSA) is 89.9 Å². The highest BCUT2D eigenvalue weighted by molar-refractivity contribution is 7.92. The Balaban J connectivity index is 2.05. The molecule has 2 N–H and O–H groups in total. The second-order valence-electron chi connectivity index (χ2n) is 6.43. The number of amides is 1. The van der Waals surface area contributed by atoms with E-state index in [0.29, 0.717) is 34.3 Å². The molecule has 1 aliphatic carbocycles. The van der Waals surface area contributed by atoms with Gasteiger partial charge < -0.3 is 10.0 Å². The molecular weight excluding hydrogens is 337 g/mol. The third-order valence-corrected chi connectivity index (χ3v) is 6.07. The van der Waals surface area contributed by atoms with Crippen LogP contribution < -0.4 is 9.03 Å². The van der Waals surface area contributed by atoms with Gasteiger partial charge in [-0.3, -0.25) is 4.79 Å². The Kier molecular flexibility index (Phi) is 4.16. The molecule has 9 heteroatoms. The fraction of sp³-hybridized carbons (Fsp3) is 0.533. The third kappa shape index (κ3) is 2.82. The van der Waals surface area contributed by atoms with Crippen LogP contribution in [0.15, 0.2) is 6.07 Å². The largest absolute Gasteiger partial charge is 0.506 e. The van der Waals surface area contributed by atoms with E-state index in [2.05, 4.69) is 4.90 Å². The molecular formula is C15H20FN3O4S. The number of benzene rings is 1. The molecule has 0 radical (unpaired) electrons. The number of halogens is 1. The molecule has 1 aliphatic heterocycles. The average Bonchev–Trinajstić information content (AvgIpc) is 2.63.